The summed E-state index contributed by atoms with van der Waals surface area (Å²) in [4.78, 5) is 11.5. The lowest BCUT2D eigenvalue weighted by Gasteiger charge is -2.11. The number of allylic oxidation sites excluding steroid dienone is 2. The Hall–Kier alpha value is -1.56. The molecule has 1 aromatic rings. The van der Waals surface area contributed by atoms with Crippen LogP contribution < -0.4 is 0 Å². The van der Waals surface area contributed by atoms with E-state index < -0.39 is 23.3 Å². The number of ketones is 1. The van der Waals surface area contributed by atoms with Crippen molar-refractivity contribution in [2.75, 3.05) is 0 Å². The molecule has 0 amide bonds. The molecule has 0 radical (unpaired) electrons. The summed E-state index contributed by atoms with van der Waals surface area (Å²) < 4.78 is 38.7. The van der Waals surface area contributed by atoms with Crippen LogP contribution in [-0.4, -0.2) is 17.1 Å². The van der Waals surface area contributed by atoms with Crippen molar-refractivity contribution in [2.45, 2.75) is 31.9 Å². The van der Waals surface area contributed by atoms with Gasteiger partial charge in [0.05, 0.1) is 0 Å². The van der Waals surface area contributed by atoms with Crippen LogP contribution in [-0.2, 0) is 4.79 Å². The number of halogens is 4. The third-order valence-corrected chi connectivity index (χ3v) is 3.93. The molecule has 118 valence electrons. The Labute approximate surface area is 134 Å². The molecule has 0 aliphatic heterocycles. The summed E-state index contributed by atoms with van der Waals surface area (Å²) in [7, 11) is 0. The molecule has 2 nitrogen and oxygen atoms in total. The standard InChI is InChI=1S/C16H14BrF3O2/c17-12-6-3-4-10(9-12)8-11-5-1-2-7-13(14(11)21)15(22)16(18,19)20/h3-4,6,8-9,21H,1-2,5,7H2/b11-8+. The van der Waals surface area contributed by atoms with Crippen LogP contribution in [0.15, 0.2) is 45.6 Å². The van der Waals surface area contributed by atoms with Gasteiger partial charge in [-0.25, -0.2) is 0 Å². The van der Waals surface area contributed by atoms with Gasteiger partial charge in [-0.2, -0.15) is 13.2 Å². The van der Waals surface area contributed by atoms with Gasteiger partial charge in [-0.1, -0.05) is 28.1 Å². The maximum Gasteiger partial charge on any atom is 0.454 e. The van der Waals surface area contributed by atoms with Crippen molar-refractivity contribution in [1.82, 2.24) is 0 Å². The predicted octanol–water partition coefficient (Wildman–Crippen LogP) is 5.35. The largest absolute Gasteiger partial charge is 0.507 e. The fourth-order valence-electron chi connectivity index (χ4n) is 2.38. The number of rotatable bonds is 2. The first kappa shape index (κ1) is 16.8. The Balaban J connectivity index is 2.44. The number of carbonyl (C=O) groups excluding carboxylic acids is 1. The average Bonchev–Trinajstić information content (AvgIpc) is 2.60. The van der Waals surface area contributed by atoms with Gasteiger partial charge in [0.15, 0.2) is 0 Å². The highest BCUT2D eigenvalue weighted by atomic mass is 79.9. The summed E-state index contributed by atoms with van der Waals surface area (Å²) in [6, 6.07) is 7.18. The zero-order valence-electron chi connectivity index (χ0n) is 11.6. The molecule has 0 fully saturated rings. The summed E-state index contributed by atoms with van der Waals surface area (Å²) in [6.45, 7) is 0. The van der Waals surface area contributed by atoms with E-state index in [0.717, 1.165) is 10.0 Å². The van der Waals surface area contributed by atoms with Gasteiger partial charge in [-0.15, -0.1) is 0 Å². The second-order valence-corrected chi connectivity index (χ2v) is 6.00. The van der Waals surface area contributed by atoms with Crippen molar-refractivity contribution in [2.24, 2.45) is 0 Å². The molecule has 0 atom stereocenters. The Kier molecular flexibility index (Phi) is 5.11. The molecule has 1 aliphatic carbocycles. The van der Waals surface area contributed by atoms with Crippen LogP contribution in [0.5, 0.6) is 0 Å². The van der Waals surface area contributed by atoms with Gasteiger partial charge >= 0.3 is 6.18 Å². The van der Waals surface area contributed by atoms with Crippen LogP contribution in [0.4, 0.5) is 13.2 Å². The SMILES string of the molecule is O=C(C1=C(O)/C(=C/c2cccc(Br)c2)CCCC1)C(F)(F)F. The molecule has 0 saturated heterocycles. The van der Waals surface area contributed by atoms with Gasteiger partial charge in [0.25, 0.3) is 5.78 Å². The van der Waals surface area contributed by atoms with Crippen LogP contribution in [0.1, 0.15) is 31.2 Å². The minimum atomic E-state index is -4.96. The van der Waals surface area contributed by atoms with E-state index in [0.29, 0.717) is 24.8 Å². The highest BCUT2D eigenvalue weighted by molar-refractivity contribution is 9.10. The number of Topliss-reactive ketones (excluding diaryl/α,β-unsaturated/α-hetero) is 1. The lowest BCUT2D eigenvalue weighted by Crippen LogP contribution is -2.25. The molecule has 0 bridgehead atoms. The van der Waals surface area contributed by atoms with Crippen molar-refractivity contribution in [3.63, 3.8) is 0 Å². The minimum absolute atomic E-state index is 0.0556. The maximum absolute atomic E-state index is 12.6. The molecule has 0 heterocycles. The fraction of sp³-hybridized carbons (Fsp3) is 0.312. The number of aliphatic hydroxyl groups is 1. The monoisotopic (exact) mass is 374 g/mol. The van der Waals surface area contributed by atoms with Gasteiger partial charge in [0, 0.05) is 10.0 Å². The first-order valence-corrected chi connectivity index (χ1v) is 7.58. The molecule has 1 aromatic carbocycles. The first-order chi connectivity index (χ1) is 10.3. The molecular formula is C16H14BrF3O2. The molecule has 2 rings (SSSR count). The zero-order valence-corrected chi connectivity index (χ0v) is 13.2. The Morgan fingerprint density at radius 3 is 2.55 bits per heavy atom. The van der Waals surface area contributed by atoms with Crippen molar-refractivity contribution in [3.8, 4) is 0 Å². The van der Waals surface area contributed by atoms with Crippen molar-refractivity contribution >= 4 is 27.8 Å². The van der Waals surface area contributed by atoms with E-state index in [9.17, 15) is 23.1 Å². The van der Waals surface area contributed by atoms with E-state index >= 15 is 0 Å². The molecule has 6 heteroatoms. The second-order valence-electron chi connectivity index (χ2n) is 5.09. The van der Waals surface area contributed by atoms with Crippen molar-refractivity contribution in [1.29, 1.82) is 0 Å². The summed E-state index contributed by atoms with van der Waals surface area (Å²) >= 11 is 3.31. The zero-order chi connectivity index (χ0) is 16.3. The Morgan fingerprint density at radius 2 is 1.91 bits per heavy atom. The molecule has 1 aliphatic rings. The number of carbonyl (C=O) groups is 1. The summed E-state index contributed by atoms with van der Waals surface area (Å²) in [5.41, 5.74) is 0.575. The highest BCUT2D eigenvalue weighted by Crippen LogP contribution is 2.33. The Morgan fingerprint density at radius 1 is 1.23 bits per heavy atom. The smallest absolute Gasteiger partial charge is 0.454 e. The molecule has 0 saturated carbocycles. The highest BCUT2D eigenvalue weighted by Gasteiger charge is 2.42. The maximum atomic E-state index is 12.6. The van der Waals surface area contributed by atoms with Crippen molar-refractivity contribution < 1.29 is 23.1 Å². The molecule has 0 aromatic heterocycles. The van der Waals surface area contributed by atoms with E-state index in [1.165, 1.54) is 0 Å². The summed E-state index contributed by atoms with van der Waals surface area (Å²) in [6.07, 6.45) is -1.90. The van der Waals surface area contributed by atoms with Gasteiger partial charge in [0.2, 0.25) is 0 Å². The van der Waals surface area contributed by atoms with E-state index in [1.54, 1.807) is 24.3 Å². The van der Waals surface area contributed by atoms with Gasteiger partial charge < -0.3 is 5.11 Å². The van der Waals surface area contributed by atoms with Crippen LogP contribution in [0.25, 0.3) is 6.08 Å². The fourth-order valence-corrected chi connectivity index (χ4v) is 2.80. The van der Waals surface area contributed by atoms with Crippen LogP contribution in [0.2, 0.25) is 0 Å². The molecule has 22 heavy (non-hydrogen) atoms. The second kappa shape index (κ2) is 6.69. The number of aliphatic hydroxyl groups excluding tert-OH is 1. The number of hydrogen-bond donors (Lipinski definition) is 1. The van der Waals surface area contributed by atoms with E-state index in [-0.39, 0.29) is 6.42 Å². The quantitative estimate of drug-likeness (QED) is 0.757. The van der Waals surface area contributed by atoms with Gasteiger partial charge in [-0.05, 0) is 55.0 Å². The van der Waals surface area contributed by atoms with Crippen LogP contribution in [0, 0.1) is 0 Å². The summed E-state index contributed by atoms with van der Waals surface area (Å²) in [5.74, 6) is -2.48. The van der Waals surface area contributed by atoms with Crippen LogP contribution >= 0.6 is 15.9 Å². The van der Waals surface area contributed by atoms with Gasteiger partial charge in [-0.3, -0.25) is 4.79 Å². The average molecular weight is 375 g/mol. The molecule has 0 spiro atoms. The third kappa shape index (κ3) is 4.00. The van der Waals surface area contributed by atoms with Gasteiger partial charge in [0.1, 0.15) is 5.76 Å². The third-order valence-electron chi connectivity index (χ3n) is 3.43. The van der Waals surface area contributed by atoms with Crippen LogP contribution in [0.3, 0.4) is 0 Å². The Bertz CT molecular complexity index is 645. The molecular weight excluding hydrogens is 361 g/mol. The summed E-state index contributed by atoms with van der Waals surface area (Å²) in [5, 5.41) is 10.2. The minimum Gasteiger partial charge on any atom is -0.507 e. The lowest BCUT2D eigenvalue weighted by atomic mass is 10.0. The van der Waals surface area contributed by atoms with E-state index in [1.807, 2.05) is 6.07 Å². The predicted molar refractivity (Wildman–Crippen MR) is 81.3 cm³/mol. The number of benzene rings is 1. The van der Waals surface area contributed by atoms with Crippen molar-refractivity contribution in [3.05, 3.63) is 51.2 Å². The number of alkyl halides is 3. The normalized spacial score (nSPS) is 18.5. The number of hydrogen-bond acceptors (Lipinski definition) is 2. The molecule has 0 unspecified atom stereocenters. The van der Waals surface area contributed by atoms with E-state index in [4.69, 9.17) is 0 Å². The lowest BCUT2D eigenvalue weighted by molar-refractivity contribution is -0.166. The van der Waals surface area contributed by atoms with E-state index in [2.05, 4.69) is 15.9 Å². The molecule has 1 N–H and O–H groups in total. The topological polar surface area (TPSA) is 37.3 Å². The first-order valence-electron chi connectivity index (χ1n) is 6.79.